The minimum Gasteiger partial charge on any atom is -0.334 e. The van der Waals surface area contributed by atoms with Crippen molar-refractivity contribution < 1.29 is 4.79 Å². The first-order valence-electron chi connectivity index (χ1n) is 7.04. The largest absolute Gasteiger partial charge is 0.334 e. The van der Waals surface area contributed by atoms with Gasteiger partial charge in [-0.3, -0.25) is 4.79 Å². The number of nitrogens with one attached hydrogen (secondary N) is 1. The summed E-state index contributed by atoms with van der Waals surface area (Å²) in [5.74, 6) is 6.63. The number of hydrazine groups is 1. The predicted molar refractivity (Wildman–Crippen MR) is 73.4 cm³/mol. The number of pyridine rings is 1. The Morgan fingerprint density at radius 3 is 3.00 bits per heavy atom. The highest BCUT2D eigenvalue weighted by Crippen LogP contribution is 2.37. The van der Waals surface area contributed by atoms with Crippen molar-refractivity contribution in [3.8, 4) is 0 Å². The van der Waals surface area contributed by atoms with E-state index in [4.69, 9.17) is 5.84 Å². The molecule has 5 nitrogen and oxygen atoms in total. The zero-order valence-electron chi connectivity index (χ0n) is 11.0. The molecule has 1 saturated carbocycles. The van der Waals surface area contributed by atoms with Crippen molar-refractivity contribution >= 4 is 11.7 Å². The van der Waals surface area contributed by atoms with Crippen LogP contribution in [0.5, 0.6) is 0 Å². The lowest BCUT2D eigenvalue weighted by molar-refractivity contribution is 0.0542. The fourth-order valence-corrected chi connectivity index (χ4v) is 3.49. The minimum atomic E-state index is 0.0497. The van der Waals surface area contributed by atoms with Crippen LogP contribution in [0.25, 0.3) is 0 Å². The van der Waals surface area contributed by atoms with Gasteiger partial charge in [0.05, 0.1) is 0 Å². The Bertz CT molecular complexity index is 476. The number of piperidine rings is 1. The molecule has 1 aromatic heterocycles. The van der Waals surface area contributed by atoms with Gasteiger partial charge in [-0.1, -0.05) is 12.5 Å². The molecule has 102 valence electrons. The van der Waals surface area contributed by atoms with E-state index in [1.165, 1.54) is 19.3 Å². The van der Waals surface area contributed by atoms with Crippen LogP contribution in [0.15, 0.2) is 18.2 Å². The van der Waals surface area contributed by atoms with Gasteiger partial charge < -0.3 is 10.3 Å². The van der Waals surface area contributed by atoms with Crippen LogP contribution >= 0.6 is 0 Å². The van der Waals surface area contributed by atoms with Gasteiger partial charge in [0.2, 0.25) is 0 Å². The molecule has 1 amide bonds. The van der Waals surface area contributed by atoms with E-state index < -0.39 is 0 Å². The average molecular weight is 260 g/mol. The highest BCUT2D eigenvalue weighted by atomic mass is 16.2. The van der Waals surface area contributed by atoms with Gasteiger partial charge in [-0.25, -0.2) is 10.8 Å². The Labute approximate surface area is 113 Å². The topological polar surface area (TPSA) is 71.2 Å². The number of amides is 1. The third-order valence-corrected chi connectivity index (χ3v) is 4.37. The van der Waals surface area contributed by atoms with Gasteiger partial charge in [0.1, 0.15) is 11.5 Å². The van der Waals surface area contributed by atoms with Crippen LogP contribution in [0.1, 0.15) is 42.6 Å². The number of rotatable bonds is 2. The molecule has 1 aliphatic carbocycles. The number of hydrogen-bond acceptors (Lipinski definition) is 4. The van der Waals surface area contributed by atoms with Crippen molar-refractivity contribution in [2.24, 2.45) is 11.8 Å². The van der Waals surface area contributed by atoms with E-state index in [-0.39, 0.29) is 5.91 Å². The van der Waals surface area contributed by atoms with Crippen molar-refractivity contribution in [3.63, 3.8) is 0 Å². The van der Waals surface area contributed by atoms with Crippen molar-refractivity contribution in [3.05, 3.63) is 23.9 Å². The number of nitrogens with zero attached hydrogens (tertiary/aromatic N) is 2. The van der Waals surface area contributed by atoms with Crippen molar-refractivity contribution in [1.29, 1.82) is 0 Å². The fraction of sp³-hybridized carbons (Fsp3) is 0.571. The van der Waals surface area contributed by atoms with Gasteiger partial charge in [0.15, 0.2) is 0 Å². The van der Waals surface area contributed by atoms with E-state index in [0.717, 1.165) is 19.4 Å². The predicted octanol–water partition coefficient (Wildman–Crippen LogP) is 1.77. The molecule has 2 atom stereocenters. The zero-order valence-corrected chi connectivity index (χ0v) is 11.0. The summed E-state index contributed by atoms with van der Waals surface area (Å²) in [6, 6.07) is 5.76. The van der Waals surface area contributed by atoms with Gasteiger partial charge in [-0.15, -0.1) is 0 Å². The molecule has 2 heterocycles. The summed E-state index contributed by atoms with van der Waals surface area (Å²) in [7, 11) is 0. The normalized spacial score (nSPS) is 26.1. The van der Waals surface area contributed by atoms with E-state index >= 15 is 0 Å². The molecule has 0 spiro atoms. The lowest BCUT2D eigenvalue weighted by Gasteiger charge is -2.37. The number of hydrogen-bond donors (Lipinski definition) is 2. The van der Waals surface area contributed by atoms with Crippen LogP contribution in [0, 0.1) is 5.92 Å². The molecule has 1 aliphatic heterocycles. The summed E-state index contributed by atoms with van der Waals surface area (Å²) in [6.07, 6.45) is 6.04. The van der Waals surface area contributed by atoms with Crippen LogP contribution in [0.2, 0.25) is 0 Å². The maximum Gasteiger partial charge on any atom is 0.272 e. The van der Waals surface area contributed by atoms with E-state index in [2.05, 4.69) is 10.4 Å². The molecule has 1 aromatic rings. The van der Waals surface area contributed by atoms with Gasteiger partial charge in [-0.2, -0.15) is 0 Å². The first kappa shape index (κ1) is 12.4. The third kappa shape index (κ3) is 2.30. The van der Waals surface area contributed by atoms with Crippen LogP contribution in [-0.4, -0.2) is 28.4 Å². The summed E-state index contributed by atoms with van der Waals surface area (Å²) in [5.41, 5.74) is 2.98. The maximum atomic E-state index is 12.6. The molecule has 3 N–H and O–H groups in total. The third-order valence-electron chi connectivity index (χ3n) is 4.37. The Morgan fingerprint density at radius 1 is 1.32 bits per heavy atom. The second kappa shape index (κ2) is 5.17. The van der Waals surface area contributed by atoms with Crippen molar-refractivity contribution in [2.75, 3.05) is 12.0 Å². The van der Waals surface area contributed by atoms with Crippen LogP contribution < -0.4 is 11.3 Å². The summed E-state index contributed by atoms with van der Waals surface area (Å²) < 4.78 is 0. The number of likely N-dealkylation sites (tertiary alicyclic amines) is 1. The Hall–Kier alpha value is -1.62. The highest BCUT2D eigenvalue weighted by Gasteiger charge is 2.37. The lowest BCUT2D eigenvalue weighted by Crippen LogP contribution is -2.46. The van der Waals surface area contributed by atoms with Gasteiger partial charge in [0, 0.05) is 12.6 Å². The second-order valence-electron chi connectivity index (χ2n) is 5.45. The highest BCUT2D eigenvalue weighted by molar-refractivity contribution is 5.93. The molecule has 2 unspecified atom stereocenters. The molecule has 5 heteroatoms. The van der Waals surface area contributed by atoms with E-state index in [1.54, 1.807) is 12.1 Å². The van der Waals surface area contributed by atoms with Crippen LogP contribution in [-0.2, 0) is 0 Å². The molecule has 1 saturated heterocycles. The summed E-state index contributed by atoms with van der Waals surface area (Å²) in [5, 5.41) is 0. The van der Waals surface area contributed by atoms with Crippen LogP contribution in [0.3, 0.4) is 0 Å². The van der Waals surface area contributed by atoms with Gasteiger partial charge in [-0.05, 0) is 43.7 Å². The quantitative estimate of drug-likeness (QED) is 0.628. The first-order chi connectivity index (χ1) is 9.29. The Kier molecular flexibility index (Phi) is 3.38. The van der Waals surface area contributed by atoms with Crippen LogP contribution in [0.4, 0.5) is 5.82 Å². The van der Waals surface area contributed by atoms with E-state index in [9.17, 15) is 4.79 Å². The Morgan fingerprint density at radius 2 is 2.16 bits per heavy atom. The van der Waals surface area contributed by atoms with Gasteiger partial charge in [0.25, 0.3) is 5.91 Å². The number of fused-ring (bicyclic) bond motifs is 1. The van der Waals surface area contributed by atoms with Crippen molar-refractivity contribution in [2.45, 2.75) is 38.1 Å². The lowest BCUT2D eigenvalue weighted by atomic mass is 9.91. The summed E-state index contributed by atoms with van der Waals surface area (Å²) in [4.78, 5) is 18.9. The number of carbonyl (C=O) groups is 1. The number of carbonyl (C=O) groups excluding carboxylic acids is 1. The first-order valence-corrected chi connectivity index (χ1v) is 7.04. The average Bonchev–Trinajstić information content (AvgIpc) is 2.95. The number of nitrogen functional groups attached to an aromatic ring is 1. The molecule has 2 aliphatic rings. The molecule has 0 radical (unpaired) electrons. The Balaban J connectivity index is 1.82. The SMILES string of the molecule is NNc1cccc(C(=O)N2CCCC3CCCC32)n1. The molecule has 19 heavy (non-hydrogen) atoms. The molecule has 3 rings (SSSR count). The smallest absolute Gasteiger partial charge is 0.272 e. The van der Waals surface area contributed by atoms with Gasteiger partial charge >= 0.3 is 0 Å². The maximum absolute atomic E-state index is 12.6. The molecular weight excluding hydrogens is 240 g/mol. The summed E-state index contributed by atoms with van der Waals surface area (Å²) in [6.45, 7) is 0.863. The van der Waals surface area contributed by atoms with E-state index in [0.29, 0.717) is 23.5 Å². The second-order valence-corrected chi connectivity index (χ2v) is 5.45. The standard InChI is InChI=1S/C14H20N4O/c15-17-13-8-2-6-11(16-13)14(19)18-9-3-5-10-4-1-7-12(10)18/h2,6,8,10,12H,1,3-5,7,9,15H2,(H,16,17). The van der Waals surface area contributed by atoms with E-state index in [1.807, 2.05) is 11.0 Å². The fourth-order valence-electron chi connectivity index (χ4n) is 3.49. The molecule has 0 bridgehead atoms. The molecule has 0 aromatic carbocycles. The molecule has 2 fully saturated rings. The molecular formula is C14H20N4O. The minimum absolute atomic E-state index is 0.0497. The number of aromatic nitrogens is 1. The van der Waals surface area contributed by atoms with Crippen molar-refractivity contribution in [1.82, 2.24) is 9.88 Å². The number of anilines is 1. The zero-order chi connectivity index (χ0) is 13.2. The monoisotopic (exact) mass is 260 g/mol. The number of nitrogens with two attached hydrogens (primary N) is 1. The summed E-state index contributed by atoms with van der Waals surface area (Å²) >= 11 is 0.